The Morgan fingerprint density at radius 2 is 1.92 bits per heavy atom. The number of aryl methyl sites for hydroxylation is 1. The Kier molecular flexibility index (Phi) is 3.73. The molecule has 2 aromatic carbocycles. The van der Waals surface area contributed by atoms with E-state index in [2.05, 4.69) is 4.98 Å². The van der Waals surface area contributed by atoms with Gasteiger partial charge in [-0.25, -0.2) is 4.98 Å². The van der Waals surface area contributed by atoms with Crippen LogP contribution < -0.4 is 5.43 Å². The number of rotatable bonds is 3. The van der Waals surface area contributed by atoms with Crippen LogP contribution in [-0.2, 0) is 6.42 Å². The van der Waals surface area contributed by atoms with Crippen LogP contribution >= 0.6 is 0 Å². The number of phenols is 1. The van der Waals surface area contributed by atoms with Crippen molar-refractivity contribution in [3.63, 3.8) is 0 Å². The number of aromatic hydroxyl groups is 1. The quantitative estimate of drug-likeness (QED) is 0.593. The number of benzene rings is 2. The zero-order valence-corrected chi connectivity index (χ0v) is 13.8. The maximum atomic E-state index is 12.5. The molecule has 4 nitrogen and oxygen atoms in total. The summed E-state index contributed by atoms with van der Waals surface area (Å²) in [4.78, 5) is 17.1. The number of hydrogen-bond acceptors (Lipinski definition) is 4. The highest BCUT2D eigenvalue weighted by Crippen LogP contribution is 2.30. The topological polar surface area (TPSA) is 63.3 Å². The van der Waals surface area contributed by atoms with Crippen LogP contribution in [-0.4, -0.2) is 10.1 Å². The molecule has 0 atom stereocenters. The minimum atomic E-state index is -0.136. The largest absolute Gasteiger partial charge is 0.508 e. The number of para-hydroxylation sites is 1. The summed E-state index contributed by atoms with van der Waals surface area (Å²) >= 11 is 0. The third-order valence-electron chi connectivity index (χ3n) is 4.33. The zero-order chi connectivity index (χ0) is 17.4. The zero-order valence-electron chi connectivity index (χ0n) is 13.8. The van der Waals surface area contributed by atoms with E-state index < -0.39 is 0 Å². The average molecular weight is 331 g/mol. The van der Waals surface area contributed by atoms with Crippen molar-refractivity contribution in [3.8, 4) is 17.2 Å². The fourth-order valence-electron chi connectivity index (χ4n) is 3.09. The predicted molar refractivity (Wildman–Crippen MR) is 98.9 cm³/mol. The van der Waals surface area contributed by atoms with Crippen molar-refractivity contribution in [1.82, 2.24) is 4.98 Å². The molecular weight excluding hydrogens is 314 g/mol. The number of phenolic OH excluding ortho intramolecular Hbond substituents is 1. The lowest BCUT2D eigenvalue weighted by molar-refractivity contribution is 0.466. The molecule has 4 aromatic rings. The van der Waals surface area contributed by atoms with Crippen molar-refractivity contribution in [1.29, 1.82) is 0 Å². The number of pyridine rings is 1. The van der Waals surface area contributed by atoms with Gasteiger partial charge in [0.25, 0.3) is 0 Å². The second-order valence-electron chi connectivity index (χ2n) is 6.05. The highest BCUT2D eigenvalue weighted by atomic mass is 16.3. The van der Waals surface area contributed by atoms with Crippen LogP contribution in [0.2, 0.25) is 0 Å². The molecule has 2 aromatic heterocycles. The Balaban J connectivity index is 1.97. The van der Waals surface area contributed by atoms with E-state index in [1.165, 1.54) is 6.07 Å². The van der Waals surface area contributed by atoms with Crippen LogP contribution in [0.4, 0.5) is 0 Å². The third-order valence-corrected chi connectivity index (χ3v) is 4.33. The van der Waals surface area contributed by atoms with Crippen LogP contribution in [0.5, 0.6) is 5.75 Å². The van der Waals surface area contributed by atoms with Gasteiger partial charge in [-0.2, -0.15) is 0 Å². The van der Waals surface area contributed by atoms with Crippen molar-refractivity contribution in [3.05, 3.63) is 70.4 Å². The molecule has 0 fully saturated rings. The molecule has 0 aliphatic carbocycles. The first-order valence-corrected chi connectivity index (χ1v) is 8.32. The van der Waals surface area contributed by atoms with Crippen LogP contribution in [0.25, 0.3) is 33.3 Å². The fourth-order valence-corrected chi connectivity index (χ4v) is 3.09. The van der Waals surface area contributed by atoms with Crippen LogP contribution in [0.3, 0.4) is 0 Å². The van der Waals surface area contributed by atoms with E-state index in [0.29, 0.717) is 34.4 Å². The first kappa shape index (κ1) is 15.4. The summed E-state index contributed by atoms with van der Waals surface area (Å²) in [6, 6.07) is 16.2. The lowest BCUT2D eigenvalue weighted by Gasteiger charge is -2.09. The molecule has 25 heavy (non-hydrogen) atoms. The molecule has 0 aliphatic rings. The molecule has 0 radical (unpaired) electrons. The van der Waals surface area contributed by atoms with Crippen molar-refractivity contribution in [2.45, 2.75) is 19.8 Å². The first-order valence-electron chi connectivity index (χ1n) is 8.32. The molecule has 4 heteroatoms. The molecule has 0 saturated carbocycles. The molecule has 0 spiro atoms. The van der Waals surface area contributed by atoms with Gasteiger partial charge in [-0.05, 0) is 30.7 Å². The monoisotopic (exact) mass is 331 g/mol. The number of aromatic nitrogens is 1. The van der Waals surface area contributed by atoms with Crippen molar-refractivity contribution in [2.75, 3.05) is 0 Å². The van der Waals surface area contributed by atoms with E-state index in [-0.39, 0.29) is 11.2 Å². The van der Waals surface area contributed by atoms with E-state index >= 15 is 0 Å². The molecule has 124 valence electrons. The Labute approximate surface area is 144 Å². The summed E-state index contributed by atoms with van der Waals surface area (Å²) in [5, 5.41) is 11.7. The molecule has 4 rings (SSSR count). The van der Waals surface area contributed by atoms with Crippen LogP contribution in [0.15, 0.2) is 63.8 Å². The second kappa shape index (κ2) is 6.06. The second-order valence-corrected chi connectivity index (χ2v) is 6.05. The number of nitrogens with zero attached hydrogens (tertiary/aromatic N) is 1. The maximum Gasteiger partial charge on any atom is 0.193 e. The van der Waals surface area contributed by atoms with E-state index in [1.807, 2.05) is 43.3 Å². The minimum absolute atomic E-state index is 0.136. The number of fused-ring (bicyclic) bond motifs is 2. The van der Waals surface area contributed by atoms with Gasteiger partial charge in [0.15, 0.2) is 11.2 Å². The van der Waals surface area contributed by atoms with Crippen LogP contribution in [0, 0.1) is 0 Å². The molecule has 2 heterocycles. The Morgan fingerprint density at radius 1 is 1.08 bits per heavy atom. The molecule has 0 bridgehead atoms. The fraction of sp³-hybridized carbons (Fsp3) is 0.143. The van der Waals surface area contributed by atoms with E-state index in [0.717, 1.165) is 17.3 Å². The Hall–Kier alpha value is -3.14. The predicted octanol–water partition coefficient (Wildman–Crippen LogP) is 4.67. The van der Waals surface area contributed by atoms with Gasteiger partial charge >= 0.3 is 0 Å². The Morgan fingerprint density at radius 3 is 2.76 bits per heavy atom. The summed E-state index contributed by atoms with van der Waals surface area (Å²) in [6.07, 6.45) is 1.48. The lowest BCUT2D eigenvalue weighted by Crippen LogP contribution is -2.03. The first-order chi connectivity index (χ1) is 12.2. The summed E-state index contributed by atoms with van der Waals surface area (Å²) in [5.74, 6) is 0.562. The lowest BCUT2D eigenvalue weighted by atomic mass is 10.0. The normalized spacial score (nSPS) is 11.2. The Bertz CT molecular complexity index is 1140. The molecule has 1 N–H and O–H groups in total. The molecule has 0 amide bonds. The minimum Gasteiger partial charge on any atom is -0.508 e. The highest BCUT2D eigenvalue weighted by molar-refractivity contribution is 5.85. The van der Waals surface area contributed by atoms with Crippen molar-refractivity contribution < 1.29 is 9.52 Å². The van der Waals surface area contributed by atoms with Gasteiger partial charge in [-0.3, -0.25) is 4.79 Å². The van der Waals surface area contributed by atoms with Gasteiger partial charge in [0.1, 0.15) is 17.0 Å². The van der Waals surface area contributed by atoms with Gasteiger partial charge < -0.3 is 9.52 Å². The van der Waals surface area contributed by atoms with E-state index in [4.69, 9.17) is 4.42 Å². The van der Waals surface area contributed by atoms with E-state index in [9.17, 15) is 9.90 Å². The number of hydrogen-bond donors (Lipinski definition) is 1. The third kappa shape index (κ3) is 2.66. The summed E-state index contributed by atoms with van der Waals surface area (Å²) in [7, 11) is 0. The van der Waals surface area contributed by atoms with Gasteiger partial charge in [-0.15, -0.1) is 0 Å². The van der Waals surface area contributed by atoms with Crippen molar-refractivity contribution in [2.24, 2.45) is 0 Å². The SMILES string of the molecule is CCCc1c(O)ccc2c(=O)cc(-c3ccc4ccccc4n3)oc12. The van der Waals surface area contributed by atoms with Crippen molar-refractivity contribution >= 4 is 21.9 Å². The standard InChI is InChI=1S/C21H17NO3/c1-2-5-14-18(23)11-9-15-19(24)12-20(25-21(14)15)17-10-8-13-6-3-4-7-16(13)22-17/h3-4,6-12,23H,2,5H2,1H3. The van der Waals surface area contributed by atoms with Gasteiger partial charge in [0.2, 0.25) is 0 Å². The van der Waals surface area contributed by atoms with Crippen LogP contribution in [0.1, 0.15) is 18.9 Å². The summed E-state index contributed by atoms with van der Waals surface area (Å²) in [6.45, 7) is 2.02. The molecular formula is C21H17NO3. The van der Waals surface area contributed by atoms with Gasteiger partial charge in [0, 0.05) is 17.0 Å². The van der Waals surface area contributed by atoms with E-state index in [1.54, 1.807) is 12.1 Å². The smallest absolute Gasteiger partial charge is 0.193 e. The molecule has 0 saturated heterocycles. The van der Waals surface area contributed by atoms with Gasteiger partial charge in [-0.1, -0.05) is 37.6 Å². The summed E-state index contributed by atoms with van der Waals surface area (Å²) in [5.41, 5.74) is 2.42. The highest BCUT2D eigenvalue weighted by Gasteiger charge is 2.14. The molecule has 0 aliphatic heterocycles. The average Bonchev–Trinajstić information content (AvgIpc) is 2.63. The summed E-state index contributed by atoms with van der Waals surface area (Å²) < 4.78 is 6.02. The van der Waals surface area contributed by atoms with Gasteiger partial charge in [0.05, 0.1) is 10.9 Å². The molecule has 0 unspecified atom stereocenters. The maximum absolute atomic E-state index is 12.5.